The summed E-state index contributed by atoms with van der Waals surface area (Å²) >= 11 is 0. The molecule has 5 heteroatoms. The molecule has 0 radical (unpaired) electrons. The first kappa shape index (κ1) is 8.65. The highest BCUT2D eigenvalue weighted by Gasteiger charge is 2.24. The number of rotatable bonds is 2. The molecule has 1 fully saturated rings. The molecule has 2 rings (SSSR count). The Balaban J connectivity index is 1.92. The second-order valence-electron chi connectivity index (χ2n) is 3.49. The van der Waals surface area contributed by atoms with Crippen LogP contribution in [0.15, 0.2) is 10.9 Å². The number of aromatic nitrogens is 2. The Hall–Kier alpha value is -0.940. The molecular weight excluding hydrogens is 168 g/mol. The SMILES string of the molecule is NNC1CCC(c2ncno2)CC1. The summed E-state index contributed by atoms with van der Waals surface area (Å²) in [6.45, 7) is 0. The van der Waals surface area contributed by atoms with Gasteiger partial charge in [0.15, 0.2) is 6.33 Å². The first-order chi connectivity index (χ1) is 6.40. The Bertz CT molecular complexity index is 241. The molecule has 1 aliphatic rings. The number of hydrazine groups is 1. The van der Waals surface area contributed by atoms with E-state index in [0.717, 1.165) is 31.6 Å². The quantitative estimate of drug-likeness (QED) is 0.516. The van der Waals surface area contributed by atoms with Gasteiger partial charge in [-0.05, 0) is 25.7 Å². The van der Waals surface area contributed by atoms with Gasteiger partial charge in [-0.2, -0.15) is 4.98 Å². The van der Waals surface area contributed by atoms with Gasteiger partial charge in [-0.25, -0.2) is 0 Å². The molecular formula is C8H14N4O. The van der Waals surface area contributed by atoms with Crippen LogP contribution in [0.3, 0.4) is 0 Å². The fourth-order valence-electron chi connectivity index (χ4n) is 1.87. The van der Waals surface area contributed by atoms with Crippen LogP contribution in [0.25, 0.3) is 0 Å². The van der Waals surface area contributed by atoms with Crippen molar-refractivity contribution in [1.29, 1.82) is 0 Å². The van der Waals surface area contributed by atoms with Gasteiger partial charge in [-0.3, -0.25) is 11.3 Å². The fourth-order valence-corrected chi connectivity index (χ4v) is 1.87. The van der Waals surface area contributed by atoms with Crippen molar-refractivity contribution >= 4 is 0 Å². The molecule has 13 heavy (non-hydrogen) atoms. The summed E-state index contributed by atoms with van der Waals surface area (Å²) in [4.78, 5) is 4.06. The van der Waals surface area contributed by atoms with E-state index >= 15 is 0 Å². The molecule has 5 nitrogen and oxygen atoms in total. The standard InChI is InChI=1S/C8H14N4O/c9-12-7-3-1-6(2-4-7)8-10-5-11-13-8/h5-7,12H,1-4,9H2. The van der Waals surface area contributed by atoms with Crippen molar-refractivity contribution in [2.75, 3.05) is 0 Å². The van der Waals surface area contributed by atoms with Crippen molar-refractivity contribution in [3.05, 3.63) is 12.2 Å². The largest absolute Gasteiger partial charge is 0.339 e. The Labute approximate surface area is 76.7 Å². The zero-order valence-corrected chi connectivity index (χ0v) is 7.44. The third-order valence-electron chi connectivity index (χ3n) is 2.69. The molecule has 0 aromatic carbocycles. The number of nitrogens with zero attached hydrogens (tertiary/aromatic N) is 2. The summed E-state index contributed by atoms with van der Waals surface area (Å²) in [5.41, 5.74) is 2.80. The number of hydrogen-bond acceptors (Lipinski definition) is 5. The van der Waals surface area contributed by atoms with Crippen LogP contribution in [-0.4, -0.2) is 16.2 Å². The molecule has 1 aromatic heterocycles. The van der Waals surface area contributed by atoms with Crippen molar-refractivity contribution in [3.63, 3.8) is 0 Å². The monoisotopic (exact) mass is 182 g/mol. The zero-order chi connectivity index (χ0) is 9.10. The lowest BCUT2D eigenvalue weighted by molar-refractivity contribution is 0.284. The van der Waals surface area contributed by atoms with E-state index in [4.69, 9.17) is 10.4 Å². The van der Waals surface area contributed by atoms with Crippen LogP contribution in [0.5, 0.6) is 0 Å². The minimum Gasteiger partial charge on any atom is -0.339 e. The van der Waals surface area contributed by atoms with E-state index in [2.05, 4.69) is 15.6 Å². The molecule has 1 saturated carbocycles. The third-order valence-corrected chi connectivity index (χ3v) is 2.69. The van der Waals surface area contributed by atoms with Gasteiger partial charge in [0.25, 0.3) is 0 Å². The summed E-state index contributed by atoms with van der Waals surface area (Å²) in [5.74, 6) is 6.58. The second kappa shape index (κ2) is 3.85. The summed E-state index contributed by atoms with van der Waals surface area (Å²) in [7, 11) is 0. The highest BCUT2D eigenvalue weighted by Crippen LogP contribution is 2.30. The van der Waals surface area contributed by atoms with Crippen molar-refractivity contribution in [2.45, 2.75) is 37.6 Å². The normalized spacial score (nSPS) is 29.0. The molecule has 0 atom stereocenters. The molecule has 0 bridgehead atoms. The van der Waals surface area contributed by atoms with Crippen molar-refractivity contribution < 1.29 is 4.52 Å². The smallest absolute Gasteiger partial charge is 0.229 e. The van der Waals surface area contributed by atoms with E-state index in [1.807, 2.05) is 0 Å². The maximum absolute atomic E-state index is 5.37. The average Bonchev–Trinajstić information content (AvgIpc) is 2.71. The van der Waals surface area contributed by atoms with E-state index in [0.29, 0.717) is 12.0 Å². The molecule has 0 spiro atoms. The average molecular weight is 182 g/mol. The number of nitrogens with one attached hydrogen (secondary N) is 1. The lowest BCUT2D eigenvalue weighted by Crippen LogP contribution is -2.37. The number of hydrogen-bond donors (Lipinski definition) is 2. The van der Waals surface area contributed by atoms with E-state index in [9.17, 15) is 0 Å². The van der Waals surface area contributed by atoms with Gasteiger partial charge in [-0.15, -0.1) is 0 Å². The topological polar surface area (TPSA) is 77.0 Å². The van der Waals surface area contributed by atoms with E-state index < -0.39 is 0 Å². The van der Waals surface area contributed by atoms with Crippen LogP contribution < -0.4 is 11.3 Å². The zero-order valence-electron chi connectivity index (χ0n) is 7.44. The van der Waals surface area contributed by atoms with Gasteiger partial charge in [-0.1, -0.05) is 5.16 Å². The Morgan fingerprint density at radius 2 is 2.15 bits per heavy atom. The highest BCUT2D eigenvalue weighted by molar-refractivity contribution is 4.93. The lowest BCUT2D eigenvalue weighted by Gasteiger charge is -2.25. The second-order valence-corrected chi connectivity index (χ2v) is 3.49. The van der Waals surface area contributed by atoms with Gasteiger partial charge in [0, 0.05) is 12.0 Å². The lowest BCUT2D eigenvalue weighted by atomic mass is 9.86. The van der Waals surface area contributed by atoms with Crippen LogP contribution in [0.2, 0.25) is 0 Å². The summed E-state index contributed by atoms with van der Waals surface area (Å²) in [6.07, 6.45) is 5.80. The van der Waals surface area contributed by atoms with Gasteiger partial charge in [0.2, 0.25) is 5.89 Å². The molecule has 0 aliphatic heterocycles. The van der Waals surface area contributed by atoms with Crippen LogP contribution >= 0.6 is 0 Å². The van der Waals surface area contributed by atoms with Gasteiger partial charge in [0.05, 0.1) is 0 Å². The first-order valence-corrected chi connectivity index (χ1v) is 4.63. The van der Waals surface area contributed by atoms with Crippen molar-refractivity contribution in [3.8, 4) is 0 Å². The van der Waals surface area contributed by atoms with E-state index in [1.165, 1.54) is 6.33 Å². The molecule has 0 amide bonds. The van der Waals surface area contributed by atoms with Gasteiger partial charge >= 0.3 is 0 Å². The highest BCUT2D eigenvalue weighted by atomic mass is 16.5. The molecule has 1 heterocycles. The van der Waals surface area contributed by atoms with Crippen LogP contribution in [0.4, 0.5) is 0 Å². The van der Waals surface area contributed by atoms with Gasteiger partial charge in [0.1, 0.15) is 0 Å². The summed E-state index contributed by atoms with van der Waals surface area (Å²) in [6, 6.07) is 0.458. The van der Waals surface area contributed by atoms with Gasteiger partial charge < -0.3 is 4.52 Å². The summed E-state index contributed by atoms with van der Waals surface area (Å²) < 4.78 is 5.03. The van der Waals surface area contributed by atoms with Crippen molar-refractivity contribution in [2.24, 2.45) is 5.84 Å². The first-order valence-electron chi connectivity index (χ1n) is 4.63. The Morgan fingerprint density at radius 3 is 2.69 bits per heavy atom. The Morgan fingerprint density at radius 1 is 1.38 bits per heavy atom. The predicted molar refractivity (Wildman–Crippen MR) is 46.6 cm³/mol. The Kier molecular flexibility index (Phi) is 2.56. The molecule has 0 unspecified atom stereocenters. The van der Waals surface area contributed by atoms with Crippen LogP contribution in [0.1, 0.15) is 37.5 Å². The predicted octanol–water partition coefficient (Wildman–Crippen LogP) is 0.559. The molecule has 1 aromatic rings. The maximum atomic E-state index is 5.37. The fraction of sp³-hybridized carbons (Fsp3) is 0.750. The maximum Gasteiger partial charge on any atom is 0.229 e. The van der Waals surface area contributed by atoms with Crippen molar-refractivity contribution in [1.82, 2.24) is 15.6 Å². The molecule has 1 aliphatic carbocycles. The van der Waals surface area contributed by atoms with Crippen LogP contribution in [-0.2, 0) is 0 Å². The third kappa shape index (κ3) is 1.87. The van der Waals surface area contributed by atoms with Crippen LogP contribution in [0, 0.1) is 0 Å². The molecule has 3 N–H and O–H groups in total. The van der Waals surface area contributed by atoms with E-state index in [1.54, 1.807) is 0 Å². The summed E-state index contributed by atoms with van der Waals surface area (Å²) in [5, 5.41) is 3.61. The minimum atomic E-state index is 0.437. The molecule has 0 saturated heterocycles. The number of nitrogens with two attached hydrogens (primary N) is 1. The molecule has 72 valence electrons. The minimum absolute atomic E-state index is 0.437. The van der Waals surface area contributed by atoms with E-state index in [-0.39, 0.29) is 0 Å².